The lowest BCUT2D eigenvalue weighted by Gasteiger charge is -2.11. The number of ether oxygens (including phenoxy) is 1. The zero-order chi connectivity index (χ0) is 20.1. The molecule has 28 heavy (non-hydrogen) atoms. The number of para-hydroxylation sites is 1. The van der Waals surface area contributed by atoms with Crippen LogP contribution < -0.4 is 4.74 Å². The van der Waals surface area contributed by atoms with Crippen molar-refractivity contribution < 1.29 is 19.4 Å². The molecule has 1 aliphatic heterocycles. The molecule has 0 bridgehead atoms. The van der Waals surface area contributed by atoms with Gasteiger partial charge in [0.05, 0.1) is 15.1 Å². The molecule has 0 aromatic heterocycles. The van der Waals surface area contributed by atoms with Gasteiger partial charge in [-0.2, -0.15) is 0 Å². The summed E-state index contributed by atoms with van der Waals surface area (Å²) in [4.78, 5) is 30.2. The van der Waals surface area contributed by atoms with E-state index >= 15 is 0 Å². The van der Waals surface area contributed by atoms with Gasteiger partial charge in [0.1, 0.15) is 5.75 Å². The van der Waals surface area contributed by atoms with Gasteiger partial charge < -0.3 is 9.84 Å². The average molecular weight is 461 g/mol. The molecule has 3 rings (SSSR count). The third-order valence-corrected chi connectivity index (χ3v) is 5.42. The van der Waals surface area contributed by atoms with Gasteiger partial charge in [-0.05, 0) is 70.5 Å². The molecular weight excluding hydrogens is 444 g/mol. The van der Waals surface area contributed by atoms with Gasteiger partial charge in [-0.3, -0.25) is 9.69 Å². The van der Waals surface area contributed by atoms with E-state index in [1.165, 1.54) is 11.8 Å². The quantitative estimate of drug-likeness (QED) is 0.640. The molecular formula is C20H17BrN2O4S. The molecule has 6 nitrogen and oxygen atoms in total. The van der Waals surface area contributed by atoms with Crippen molar-refractivity contribution in [2.45, 2.75) is 6.92 Å². The Morgan fingerprint density at radius 1 is 1.29 bits per heavy atom. The molecule has 0 atom stereocenters. The summed E-state index contributed by atoms with van der Waals surface area (Å²) in [6.45, 7) is 2.02. The van der Waals surface area contributed by atoms with Crippen molar-refractivity contribution in [3.63, 3.8) is 0 Å². The van der Waals surface area contributed by atoms with Crippen LogP contribution >= 0.6 is 27.7 Å². The summed E-state index contributed by atoms with van der Waals surface area (Å²) in [6.07, 6.45) is 1.79. The zero-order valence-electron chi connectivity index (χ0n) is 15.0. The number of amidine groups is 1. The normalized spacial score (nSPS) is 16.8. The first-order chi connectivity index (χ1) is 13.5. The lowest BCUT2D eigenvalue weighted by Crippen LogP contribution is -2.28. The van der Waals surface area contributed by atoms with Gasteiger partial charge in [0.2, 0.25) is 0 Å². The predicted molar refractivity (Wildman–Crippen MR) is 114 cm³/mol. The number of aliphatic imine (C=N–C) groups is 1. The fourth-order valence-corrected chi connectivity index (χ4v) is 4.07. The van der Waals surface area contributed by atoms with E-state index in [0.717, 1.165) is 11.3 Å². The van der Waals surface area contributed by atoms with Crippen molar-refractivity contribution in [2.75, 3.05) is 13.2 Å². The summed E-state index contributed by atoms with van der Waals surface area (Å²) in [5.41, 5.74) is 1.59. The Labute approximate surface area is 175 Å². The highest BCUT2D eigenvalue weighted by Crippen LogP contribution is 2.35. The number of hydrogen-bond donors (Lipinski definition) is 1. The lowest BCUT2D eigenvalue weighted by molar-refractivity contribution is -0.139. The van der Waals surface area contributed by atoms with E-state index in [1.807, 2.05) is 37.3 Å². The second-order valence-electron chi connectivity index (χ2n) is 5.76. The van der Waals surface area contributed by atoms with Gasteiger partial charge in [-0.15, -0.1) is 0 Å². The molecule has 1 saturated heterocycles. The molecule has 0 unspecified atom stereocenters. The SMILES string of the molecule is CCN1C(=O)/C(=C/c2ccc(OCC(=O)O)c(Br)c2)SC1=Nc1ccccc1. The maximum Gasteiger partial charge on any atom is 0.341 e. The highest BCUT2D eigenvalue weighted by molar-refractivity contribution is 9.10. The number of thioether (sulfide) groups is 1. The number of likely N-dealkylation sites (N-methyl/N-ethyl adjacent to an activating group) is 1. The number of rotatable bonds is 6. The summed E-state index contributed by atoms with van der Waals surface area (Å²) in [5, 5.41) is 9.36. The number of carboxylic acids is 1. The van der Waals surface area contributed by atoms with Crippen LogP contribution in [0.3, 0.4) is 0 Å². The number of carbonyl (C=O) groups excluding carboxylic acids is 1. The van der Waals surface area contributed by atoms with Gasteiger partial charge in [0.15, 0.2) is 11.8 Å². The molecule has 1 N–H and O–H groups in total. The summed E-state index contributed by atoms with van der Waals surface area (Å²) in [7, 11) is 0. The Kier molecular flexibility index (Phi) is 6.53. The van der Waals surface area contributed by atoms with Crippen molar-refractivity contribution in [2.24, 2.45) is 4.99 Å². The molecule has 1 aliphatic rings. The Morgan fingerprint density at radius 2 is 2.04 bits per heavy atom. The molecule has 2 aromatic carbocycles. The topological polar surface area (TPSA) is 79.2 Å². The van der Waals surface area contributed by atoms with Crippen LogP contribution in [-0.2, 0) is 9.59 Å². The highest BCUT2D eigenvalue weighted by Gasteiger charge is 2.32. The van der Waals surface area contributed by atoms with Gasteiger partial charge >= 0.3 is 5.97 Å². The minimum absolute atomic E-state index is 0.0930. The fourth-order valence-electron chi connectivity index (χ4n) is 2.50. The van der Waals surface area contributed by atoms with Crippen molar-refractivity contribution in [3.8, 4) is 5.75 Å². The van der Waals surface area contributed by atoms with Gasteiger partial charge in [-0.25, -0.2) is 9.79 Å². The van der Waals surface area contributed by atoms with E-state index in [1.54, 1.807) is 29.2 Å². The monoisotopic (exact) mass is 460 g/mol. The van der Waals surface area contributed by atoms with Crippen LogP contribution in [0.1, 0.15) is 12.5 Å². The van der Waals surface area contributed by atoms with Crippen LogP contribution in [0.5, 0.6) is 5.75 Å². The van der Waals surface area contributed by atoms with Gasteiger partial charge in [0, 0.05) is 6.54 Å². The Hall–Kier alpha value is -2.58. The van der Waals surface area contributed by atoms with E-state index in [2.05, 4.69) is 20.9 Å². The van der Waals surface area contributed by atoms with Crippen molar-refractivity contribution >= 4 is 56.5 Å². The van der Waals surface area contributed by atoms with Crippen molar-refractivity contribution in [3.05, 3.63) is 63.5 Å². The summed E-state index contributed by atoms with van der Waals surface area (Å²) < 4.78 is 5.81. The van der Waals surface area contributed by atoms with Crippen LogP contribution in [0.4, 0.5) is 5.69 Å². The number of halogens is 1. The molecule has 2 aromatic rings. The molecule has 0 radical (unpaired) electrons. The fraction of sp³-hybridized carbons (Fsp3) is 0.150. The van der Waals surface area contributed by atoms with E-state index in [-0.39, 0.29) is 5.91 Å². The maximum atomic E-state index is 12.7. The van der Waals surface area contributed by atoms with Crippen LogP contribution in [-0.4, -0.2) is 40.2 Å². The molecule has 1 heterocycles. The summed E-state index contributed by atoms with van der Waals surface area (Å²) in [6, 6.07) is 14.7. The van der Waals surface area contributed by atoms with Crippen LogP contribution in [0.15, 0.2) is 62.9 Å². The Balaban J connectivity index is 1.84. The van der Waals surface area contributed by atoms with Crippen molar-refractivity contribution in [1.82, 2.24) is 4.90 Å². The Morgan fingerprint density at radius 3 is 2.68 bits per heavy atom. The number of carbonyl (C=O) groups is 2. The standard InChI is InChI=1S/C20H17BrN2O4S/c1-2-23-19(26)17(28-20(23)22-14-6-4-3-5-7-14)11-13-8-9-16(15(21)10-13)27-12-18(24)25/h3-11H,2,12H2,1H3,(H,24,25)/b17-11-,22-20?. The third-order valence-electron chi connectivity index (χ3n) is 3.79. The number of aliphatic carboxylic acids is 1. The Bertz CT molecular complexity index is 960. The van der Waals surface area contributed by atoms with E-state index in [9.17, 15) is 9.59 Å². The number of carboxylic acid groups (broad SMARTS) is 1. The second-order valence-corrected chi connectivity index (χ2v) is 7.63. The smallest absolute Gasteiger partial charge is 0.341 e. The largest absolute Gasteiger partial charge is 0.481 e. The first-order valence-electron chi connectivity index (χ1n) is 8.47. The van der Waals surface area contributed by atoms with E-state index in [4.69, 9.17) is 9.84 Å². The summed E-state index contributed by atoms with van der Waals surface area (Å²) >= 11 is 4.70. The van der Waals surface area contributed by atoms with E-state index in [0.29, 0.717) is 26.8 Å². The average Bonchev–Trinajstić information content (AvgIpc) is 2.96. The molecule has 1 amide bonds. The molecule has 144 valence electrons. The maximum absolute atomic E-state index is 12.7. The van der Waals surface area contributed by atoms with E-state index < -0.39 is 12.6 Å². The molecule has 1 fully saturated rings. The summed E-state index contributed by atoms with van der Waals surface area (Å²) in [5.74, 6) is -0.711. The van der Waals surface area contributed by atoms with Crippen molar-refractivity contribution in [1.29, 1.82) is 0 Å². The number of amides is 1. The minimum Gasteiger partial charge on any atom is -0.481 e. The minimum atomic E-state index is -1.05. The molecule has 0 saturated carbocycles. The zero-order valence-corrected chi connectivity index (χ0v) is 17.4. The highest BCUT2D eigenvalue weighted by atomic mass is 79.9. The third kappa shape index (κ3) is 4.82. The molecule has 0 spiro atoms. The second kappa shape index (κ2) is 9.07. The number of nitrogens with zero attached hydrogens (tertiary/aromatic N) is 2. The van der Waals surface area contributed by atoms with Crippen LogP contribution in [0.25, 0.3) is 6.08 Å². The van der Waals surface area contributed by atoms with Crippen LogP contribution in [0.2, 0.25) is 0 Å². The number of benzene rings is 2. The molecule has 0 aliphatic carbocycles. The van der Waals surface area contributed by atoms with Gasteiger partial charge in [0.25, 0.3) is 5.91 Å². The number of hydrogen-bond acceptors (Lipinski definition) is 5. The first-order valence-corrected chi connectivity index (χ1v) is 10.1. The first kappa shape index (κ1) is 20.2. The molecule has 8 heteroatoms. The van der Waals surface area contributed by atoms with Crippen LogP contribution in [0, 0.1) is 0 Å². The predicted octanol–water partition coefficient (Wildman–Crippen LogP) is 4.54. The lowest BCUT2D eigenvalue weighted by atomic mass is 10.2. The van der Waals surface area contributed by atoms with Gasteiger partial charge in [-0.1, -0.05) is 24.3 Å².